The molecule has 1 heterocycles. The van der Waals surface area contributed by atoms with Gasteiger partial charge in [-0.1, -0.05) is 49.3 Å². The standard InChI is InChI=1S/C22H25N3O3/c1-16(2)20-14-22(28-24-20)23-21(27)15-25(18-8-10-19(26)11-9-18)13-12-17-6-4-3-5-7-17/h3-11,14,16,26H,12-13,15H2,1-2H3,(H,23,27). The molecule has 1 aromatic heterocycles. The highest BCUT2D eigenvalue weighted by Gasteiger charge is 2.15. The molecule has 28 heavy (non-hydrogen) atoms. The van der Waals surface area contributed by atoms with E-state index in [1.165, 1.54) is 5.56 Å². The van der Waals surface area contributed by atoms with Crippen molar-refractivity contribution in [1.82, 2.24) is 5.16 Å². The molecular weight excluding hydrogens is 354 g/mol. The van der Waals surface area contributed by atoms with E-state index in [9.17, 15) is 9.90 Å². The van der Waals surface area contributed by atoms with Crippen molar-refractivity contribution in [2.75, 3.05) is 23.3 Å². The van der Waals surface area contributed by atoms with E-state index in [1.54, 1.807) is 30.3 Å². The quantitative estimate of drug-likeness (QED) is 0.613. The van der Waals surface area contributed by atoms with Crippen LogP contribution in [-0.4, -0.2) is 29.3 Å². The molecule has 0 atom stereocenters. The van der Waals surface area contributed by atoms with Crippen LogP contribution in [0.3, 0.4) is 0 Å². The normalized spacial score (nSPS) is 10.8. The summed E-state index contributed by atoms with van der Waals surface area (Å²) in [7, 11) is 0. The van der Waals surface area contributed by atoms with Crippen molar-refractivity contribution in [2.24, 2.45) is 0 Å². The fraction of sp³-hybridized carbons (Fsp3) is 0.273. The molecule has 6 heteroatoms. The number of aromatic nitrogens is 1. The van der Waals surface area contributed by atoms with Gasteiger partial charge in [0.15, 0.2) is 0 Å². The highest BCUT2D eigenvalue weighted by Crippen LogP contribution is 2.20. The molecule has 3 rings (SSSR count). The van der Waals surface area contributed by atoms with Crippen molar-refractivity contribution >= 4 is 17.5 Å². The first-order chi connectivity index (χ1) is 13.5. The lowest BCUT2D eigenvalue weighted by Gasteiger charge is -2.24. The van der Waals surface area contributed by atoms with Gasteiger partial charge in [-0.15, -0.1) is 0 Å². The Morgan fingerprint density at radius 1 is 1.14 bits per heavy atom. The first-order valence-corrected chi connectivity index (χ1v) is 9.35. The van der Waals surface area contributed by atoms with Gasteiger partial charge in [0, 0.05) is 18.3 Å². The Morgan fingerprint density at radius 3 is 2.50 bits per heavy atom. The lowest BCUT2D eigenvalue weighted by molar-refractivity contribution is -0.115. The van der Waals surface area contributed by atoms with Crippen LogP contribution in [0.1, 0.15) is 31.0 Å². The Kier molecular flexibility index (Phi) is 6.32. The molecule has 0 aliphatic rings. The Morgan fingerprint density at radius 2 is 1.86 bits per heavy atom. The van der Waals surface area contributed by atoms with Crippen molar-refractivity contribution in [1.29, 1.82) is 0 Å². The molecule has 0 aliphatic heterocycles. The molecule has 0 bridgehead atoms. The number of nitrogens with zero attached hydrogens (tertiary/aromatic N) is 2. The van der Waals surface area contributed by atoms with Crippen LogP contribution < -0.4 is 10.2 Å². The highest BCUT2D eigenvalue weighted by atomic mass is 16.5. The Labute approximate surface area is 164 Å². The number of aromatic hydroxyl groups is 1. The summed E-state index contributed by atoms with van der Waals surface area (Å²) in [5, 5.41) is 16.3. The van der Waals surface area contributed by atoms with Crippen molar-refractivity contribution < 1.29 is 14.4 Å². The van der Waals surface area contributed by atoms with Crippen LogP contribution in [0.4, 0.5) is 11.6 Å². The minimum Gasteiger partial charge on any atom is -0.508 e. The molecule has 0 fully saturated rings. The fourth-order valence-corrected chi connectivity index (χ4v) is 2.84. The Balaban J connectivity index is 1.68. The number of carbonyl (C=O) groups excluding carboxylic acids is 1. The zero-order valence-electron chi connectivity index (χ0n) is 16.1. The van der Waals surface area contributed by atoms with Gasteiger partial charge in [-0.2, -0.15) is 0 Å². The second kappa shape index (κ2) is 9.08. The molecular formula is C22H25N3O3. The summed E-state index contributed by atoms with van der Waals surface area (Å²) in [4.78, 5) is 14.5. The maximum Gasteiger partial charge on any atom is 0.246 e. The van der Waals surface area contributed by atoms with Gasteiger partial charge in [-0.05, 0) is 42.2 Å². The molecule has 0 saturated heterocycles. The number of benzene rings is 2. The van der Waals surface area contributed by atoms with Gasteiger partial charge in [0.25, 0.3) is 0 Å². The van der Waals surface area contributed by atoms with Crippen molar-refractivity contribution in [3.63, 3.8) is 0 Å². The molecule has 2 N–H and O–H groups in total. The average molecular weight is 379 g/mol. The highest BCUT2D eigenvalue weighted by molar-refractivity contribution is 5.93. The summed E-state index contributed by atoms with van der Waals surface area (Å²) in [6.07, 6.45) is 0.800. The number of carbonyl (C=O) groups is 1. The van der Waals surface area contributed by atoms with Crippen LogP contribution in [-0.2, 0) is 11.2 Å². The molecule has 2 aromatic carbocycles. The van der Waals surface area contributed by atoms with Gasteiger partial charge in [-0.25, -0.2) is 0 Å². The van der Waals surface area contributed by atoms with Crippen molar-refractivity contribution in [3.05, 3.63) is 71.9 Å². The van der Waals surface area contributed by atoms with E-state index in [2.05, 4.69) is 22.6 Å². The van der Waals surface area contributed by atoms with Crippen LogP contribution >= 0.6 is 0 Å². The van der Waals surface area contributed by atoms with Gasteiger partial charge in [-0.3, -0.25) is 10.1 Å². The topological polar surface area (TPSA) is 78.6 Å². The van der Waals surface area contributed by atoms with Crippen LogP contribution in [0.25, 0.3) is 0 Å². The first-order valence-electron chi connectivity index (χ1n) is 9.35. The summed E-state index contributed by atoms with van der Waals surface area (Å²) in [5.74, 6) is 0.586. The molecule has 146 valence electrons. The predicted octanol–water partition coefficient (Wildman–Crippen LogP) is 4.19. The molecule has 0 unspecified atom stereocenters. The SMILES string of the molecule is CC(C)c1cc(NC(=O)CN(CCc2ccccc2)c2ccc(O)cc2)on1. The third kappa shape index (κ3) is 5.36. The third-order valence-corrected chi connectivity index (χ3v) is 4.45. The largest absolute Gasteiger partial charge is 0.508 e. The van der Waals surface area contributed by atoms with Crippen LogP contribution in [0.2, 0.25) is 0 Å². The number of rotatable bonds is 8. The van der Waals surface area contributed by atoms with Gasteiger partial charge in [0.1, 0.15) is 5.75 Å². The zero-order chi connectivity index (χ0) is 19.9. The second-order valence-electron chi connectivity index (χ2n) is 6.99. The number of hydrogen-bond acceptors (Lipinski definition) is 5. The van der Waals surface area contributed by atoms with Crippen molar-refractivity contribution in [3.8, 4) is 5.75 Å². The van der Waals surface area contributed by atoms with E-state index in [1.807, 2.05) is 36.9 Å². The average Bonchev–Trinajstić information content (AvgIpc) is 3.15. The summed E-state index contributed by atoms with van der Waals surface area (Å²) in [6, 6.07) is 18.7. The molecule has 0 saturated carbocycles. The van der Waals surface area contributed by atoms with E-state index in [0.29, 0.717) is 12.4 Å². The van der Waals surface area contributed by atoms with E-state index in [-0.39, 0.29) is 24.1 Å². The number of nitrogens with one attached hydrogen (secondary N) is 1. The third-order valence-electron chi connectivity index (χ3n) is 4.45. The smallest absolute Gasteiger partial charge is 0.246 e. The van der Waals surface area contributed by atoms with E-state index >= 15 is 0 Å². The molecule has 0 aliphatic carbocycles. The van der Waals surface area contributed by atoms with Crippen LogP contribution in [0, 0.1) is 0 Å². The molecule has 1 amide bonds. The summed E-state index contributed by atoms with van der Waals surface area (Å²) >= 11 is 0. The summed E-state index contributed by atoms with van der Waals surface area (Å²) < 4.78 is 5.20. The number of phenols is 1. The first kappa shape index (κ1) is 19.5. The summed E-state index contributed by atoms with van der Waals surface area (Å²) in [6.45, 7) is 4.85. The van der Waals surface area contributed by atoms with E-state index in [0.717, 1.165) is 17.8 Å². The fourth-order valence-electron chi connectivity index (χ4n) is 2.84. The Bertz CT molecular complexity index is 889. The number of hydrogen-bond donors (Lipinski definition) is 2. The predicted molar refractivity (Wildman–Crippen MR) is 110 cm³/mol. The number of phenolic OH excluding ortho intramolecular Hbond substituents is 1. The maximum atomic E-state index is 12.6. The second-order valence-corrected chi connectivity index (χ2v) is 6.99. The Hall–Kier alpha value is -3.28. The summed E-state index contributed by atoms with van der Waals surface area (Å²) in [5.41, 5.74) is 2.86. The molecule has 0 spiro atoms. The molecule has 6 nitrogen and oxygen atoms in total. The lowest BCUT2D eigenvalue weighted by atomic mass is 10.1. The van der Waals surface area contributed by atoms with Crippen LogP contribution in [0.15, 0.2) is 65.2 Å². The minimum atomic E-state index is -0.187. The molecule has 3 aromatic rings. The van der Waals surface area contributed by atoms with Crippen molar-refractivity contribution in [2.45, 2.75) is 26.2 Å². The van der Waals surface area contributed by atoms with E-state index < -0.39 is 0 Å². The van der Waals surface area contributed by atoms with Crippen LogP contribution in [0.5, 0.6) is 5.75 Å². The maximum absolute atomic E-state index is 12.6. The van der Waals surface area contributed by atoms with Gasteiger partial charge in [0.2, 0.25) is 11.8 Å². The van der Waals surface area contributed by atoms with Gasteiger partial charge >= 0.3 is 0 Å². The molecule has 0 radical (unpaired) electrons. The zero-order valence-corrected chi connectivity index (χ0v) is 16.1. The van der Waals surface area contributed by atoms with Gasteiger partial charge < -0.3 is 14.5 Å². The number of amides is 1. The minimum absolute atomic E-state index is 0.162. The van der Waals surface area contributed by atoms with Gasteiger partial charge in [0.05, 0.1) is 12.2 Å². The van der Waals surface area contributed by atoms with E-state index in [4.69, 9.17) is 4.52 Å². The number of anilines is 2. The monoisotopic (exact) mass is 379 g/mol. The lowest BCUT2D eigenvalue weighted by Crippen LogP contribution is -2.34.